The van der Waals surface area contributed by atoms with E-state index in [-0.39, 0.29) is 5.91 Å². The Morgan fingerprint density at radius 3 is 2.88 bits per heavy atom. The molecule has 3 rings (SSSR count). The summed E-state index contributed by atoms with van der Waals surface area (Å²) in [4.78, 5) is 21.4. The van der Waals surface area contributed by atoms with Gasteiger partial charge in [0.2, 0.25) is 0 Å². The number of hydrogen-bond donors (Lipinski definition) is 0. The van der Waals surface area contributed by atoms with Gasteiger partial charge in [-0.05, 0) is 65.0 Å². The van der Waals surface area contributed by atoms with E-state index in [9.17, 15) is 4.79 Å². The van der Waals surface area contributed by atoms with Crippen LogP contribution in [-0.2, 0) is 11.2 Å². The highest BCUT2D eigenvalue weighted by molar-refractivity contribution is 7.09. The van der Waals surface area contributed by atoms with E-state index in [2.05, 4.69) is 17.2 Å². The Bertz CT molecular complexity index is 772. The van der Waals surface area contributed by atoms with Crippen LogP contribution >= 0.6 is 11.3 Å². The van der Waals surface area contributed by atoms with E-state index in [0.717, 1.165) is 53.5 Å². The van der Waals surface area contributed by atoms with Crippen LogP contribution in [0.1, 0.15) is 31.7 Å². The first-order valence-electron chi connectivity index (χ1n) is 9.21. The van der Waals surface area contributed by atoms with Crippen LogP contribution in [0.3, 0.4) is 0 Å². The molecule has 26 heavy (non-hydrogen) atoms. The Kier molecular flexibility index (Phi) is 5.94. The number of benzene rings is 1. The summed E-state index contributed by atoms with van der Waals surface area (Å²) in [5.41, 5.74) is 2.86. The van der Waals surface area contributed by atoms with Crippen molar-refractivity contribution in [2.24, 2.45) is 0 Å². The van der Waals surface area contributed by atoms with Crippen LogP contribution in [0.2, 0.25) is 0 Å². The molecule has 0 N–H and O–H groups in total. The van der Waals surface area contributed by atoms with Gasteiger partial charge in [-0.25, -0.2) is 4.98 Å². The number of hydrogen-bond acceptors (Lipinski definition) is 5. The number of carbonyl (C=O) groups excluding carboxylic acids is 1. The standard InChI is InChI=1S/C20H27N3O2S/c1-5-7-19-21-16(13-26-19)15-8-9-18-17(12-15)23(11-6-10-22(3)4)20(24)14(2)25-18/h8-9,12-14H,5-7,10-11H2,1-4H3. The van der Waals surface area contributed by atoms with Crippen LogP contribution in [0, 0.1) is 0 Å². The molecule has 1 aromatic heterocycles. The first kappa shape index (κ1) is 18.9. The second-order valence-corrected chi connectivity index (χ2v) is 7.91. The van der Waals surface area contributed by atoms with Crippen molar-refractivity contribution in [2.75, 3.05) is 32.1 Å². The summed E-state index contributed by atoms with van der Waals surface area (Å²) in [6, 6.07) is 6.04. The summed E-state index contributed by atoms with van der Waals surface area (Å²) < 4.78 is 5.82. The smallest absolute Gasteiger partial charge is 0.267 e. The van der Waals surface area contributed by atoms with E-state index in [4.69, 9.17) is 9.72 Å². The molecule has 0 fully saturated rings. The lowest BCUT2D eigenvalue weighted by Crippen LogP contribution is -2.45. The molecule has 140 valence electrons. The van der Waals surface area contributed by atoms with Gasteiger partial charge in [-0.1, -0.05) is 6.92 Å². The number of anilines is 1. The maximum Gasteiger partial charge on any atom is 0.267 e. The Balaban J connectivity index is 1.88. The van der Waals surface area contributed by atoms with Gasteiger partial charge in [0.1, 0.15) is 5.75 Å². The average molecular weight is 374 g/mol. The van der Waals surface area contributed by atoms with E-state index < -0.39 is 6.10 Å². The van der Waals surface area contributed by atoms with Crippen molar-refractivity contribution in [3.05, 3.63) is 28.6 Å². The van der Waals surface area contributed by atoms with Gasteiger partial charge in [0.05, 0.1) is 16.4 Å². The summed E-state index contributed by atoms with van der Waals surface area (Å²) in [6.45, 7) is 5.62. The molecule has 0 saturated heterocycles. The number of carbonyl (C=O) groups is 1. The highest BCUT2D eigenvalue weighted by atomic mass is 32.1. The van der Waals surface area contributed by atoms with Crippen molar-refractivity contribution in [2.45, 2.75) is 39.2 Å². The van der Waals surface area contributed by atoms with Crippen LogP contribution in [0.25, 0.3) is 11.3 Å². The Morgan fingerprint density at radius 1 is 1.35 bits per heavy atom. The van der Waals surface area contributed by atoms with Gasteiger partial charge in [0, 0.05) is 17.5 Å². The minimum absolute atomic E-state index is 0.0263. The van der Waals surface area contributed by atoms with Crippen molar-refractivity contribution in [1.82, 2.24) is 9.88 Å². The molecule has 1 atom stereocenters. The largest absolute Gasteiger partial charge is 0.479 e. The topological polar surface area (TPSA) is 45.7 Å². The number of amides is 1. The molecule has 2 heterocycles. The molecular formula is C20H27N3O2S. The summed E-state index contributed by atoms with van der Waals surface area (Å²) >= 11 is 1.70. The molecule has 0 aliphatic carbocycles. The fraction of sp³-hybridized carbons (Fsp3) is 0.500. The van der Waals surface area contributed by atoms with Crippen molar-refractivity contribution >= 4 is 22.9 Å². The normalized spacial score (nSPS) is 16.7. The number of nitrogens with zero attached hydrogens (tertiary/aromatic N) is 3. The molecule has 1 aliphatic rings. The number of fused-ring (bicyclic) bond motifs is 1. The molecule has 1 aromatic carbocycles. The molecule has 6 heteroatoms. The molecule has 1 amide bonds. The first-order chi connectivity index (χ1) is 12.5. The van der Waals surface area contributed by atoms with E-state index in [0.29, 0.717) is 6.54 Å². The highest BCUT2D eigenvalue weighted by Gasteiger charge is 2.31. The second kappa shape index (κ2) is 8.18. The lowest BCUT2D eigenvalue weighted by Gasteiger charge is -2.33. The molecule has 0 radical (unpaired) electrons. The SMILES string of the molecule is CCCc1nc(-c2ccc3c(c2)N(CCCN(C)C)C(=O)C(C)O3)cs1. The van der Waals surface area contributed by atoms with E-state index in [1.165, 1.54) is 0 Å². The predicted molar refractivity (Wildman–Crippen MR) is 107 cm³/mol. The third-order valence-electron chi connectivity index (χ3n) is 4.47. The highest BCUT2D eigenvalue weighted by Crippen LogP contribution is 2.37. The van der Waals surface area contributed by atoms with E-state index >= 15 is 0 Å². The Hall–Kier alpha value is -1.92. The molecule has 0 saturated carbocycles. The van der Waals surface area contributed by atoms with Crippen LogP contribution in [-0.4, -0.2) is 49.1 Å². The maximum atomic E-state index is 12.7. The number of aryl methyl sites for hydroxylation is 1. The van der Waals surface area contributed by atoms with Gasteiger partial charge in [-0.3, -0.25) is 4.79 Å². The number of ether oxygens (including phenoxy) is 1. The van der Waals surface area contributed by atoms with Gasteiger partial charge in [-0.2, -0.15) is 0 Å². The summed E-state index contributed by atoms with van der Waals surface area (Å²) in [5, 5.41) is 3.25. The first-order valence-corrected chi connectivity index (χ1v) is 10.1. The van der Waals surface area contributed by atoms with Gasteiger partial charge in [-0.15, -0.1) is 11.3 Å². The van der Waals surface area contributed by atoms with Crippen LogP contribution in [0.4, 0.5) is 5.69 Å². The summed E-state index contributed by atoms with van der Waals surface area (Å²) in [7, 11) is 4.10. The molecule has 0 bridgehead atoms. The molecule has 5 nitrogen and oxygen atoms in total. The fourth-order valence-electron chi connectivity index (χ4n) is 3.11. The van der Waals surface area contributed by atoms with Gasteiger partial charge in [0.25, 0.3) is 5.91 Å². The quantitative estimate of drug-likeness (QED) is 0.740. The fourth-order valence-corrected chi connectivity index (χ4v) is 4.02. The third-order valence-corrected chi connectivity index (χ3v) is 5.37. The van der Waals surface area contributed by atoms with Crippen molar-refractivity contribution in [1.29, 1.82) is 0 Å². The lowest BCUT2D eigenvalue weighted by atomic mass is 10.1. The number of thiazole rings is 1. The van der Waals surface area contributed by atoms with Gasteiger partial charge in [0.15, 0.2) is 6.10 Å². The lowest BCUT2D eigenvalue weighted by molar-refractivity contribution is -0.125. The monoisotopic (exact) mass is 373 g/mol. The maximum absolute atomic E-state index is 12.7. The van der Waals surface area contributed by atoms with Crippen LogP contribution in [0.15, 0.2) is 23.6 Å². The summed E-state index contributed by atoms with van der Waals surface area (Å²) in [6.07, 6.45) is 2.58. The number of rotatable bonds is 7. The van der Waals surface area contributed by atoms with Gasteiger partial charge >= 0.3 is 0 Å². The van der Waals surface area contributed by atoms with Gasteiger partial charge < -0.3 is 14.5 Å². The van der Waals surface area contributed by atoms with E-state index in [1.807, 2.05) is 44.1 Å². The molecule has 1 unspecified atom stereocenters. The summed E-state index contributed by atoms with van der Waals surface area (Å²) in [5.74, 6) is 0.799. The minimum atomic E-state index is -0.442. The van der Waals surface area contributed by atoms with Crippen molar-refractivity contribution in [3.8, 4) is 17.0 Å². The van der Waals surface area contributed by atoms with Crippen molar-refractivity contribution < 1.29 is 9.53 Å². The second-order valence-electron chi connectivity index (χ2n) is 6.97. The van der Waals surface area contributed by atoms with E-state index in [1.54, 1.807) is 11.3 Å². The zero-order valence-corrected chi connectivity index (χ0v) is 16.8. The molecule has 2 aromatic rings. The molecule has 1 aliphatic heterocycles. The minimum Gasteiger partial charge on any atom is -0.479 e. The van der Waals surface area contributed by atoms with Crippen LogP contribution < -0.4 is 9.64 Å². The Morgan fingerprint density at radius 2 is 2.15 bits per heavy atom. The molecule has 0 spiro atoms. The molecular weight excluding hydrogens is 346 g/mol. The Labute approximate surface area is 159 Å². The predicted octanol–water partition coefficient (Wildman–Crippen LogP) is 3.83. The zero-order valence-electron chi connectivity index (χ0n) is 16.0. The average Bonchev–Trinajstić information content (AvgIpc) is 3.07. The van der Waals surface area contributed by atoms with Crippen molar-refractivity contribution in [3.63, 3.8) is 0 Å². The number of aromatic nitrogens is 1. The third kappa shape index (κ3) is 4.07. The van der Waals surface area contributed by atoms with Crippen LogP contribution in [0.5, 0.6) is 5.75 Å². The zero-order chi connectivity index (χ0) is 18.7.